The predicted octanol–water partition coefficient (Wildman–Crippen LogP) is 6.70. The van der Waals surface area contributed by atoms with Crippen molar-refractivity contribution in [1.82, 2.24) is 0 Å². The van der Waals surface area contributed by atoms with Crippen LogP contribution in [-0.4, -0.2) is 13.4 Å². The molecule has 6 aromatic carbocycles. The van der Waals surface area contributed by atoms with Gasteiger partial charge in [-0.2, -0.15) is 0 Å². The normalized spacial score (nSPS) is 14.2. The van der Waals surface area contributed by atoms with Crippen LogP contribution >= 0.6 is 15.9 Å². The molecule has 3 nitrogen and oxygen atoms in total. The van der Waals surface area contributed by atoms with Crippen LogP contribution in [0.3, 0.4) is 0 Å². The number of ether oxygens (including phenoxy) is 1. The van der Waals surface area contributed by atoms with Crippen molar-refractivity contribution >= 4 is 96.3 Å². The molecule has 10 rings (SSSR count). The lowest BCUT2D eigenvalue weighted by Gasteiger charge is -2.49. The Morgan fingerprint density at radius 1 is 0.478 bits per heavy atom. The number of nitrogens with zero attached hydrogens (tertiary/aromatic N) is 2. The summed E-state index contributed by atoms with van der Waals surface area (Å²) in [7, 11) is 0. The first-order valence-corrected chi connectivity index (χ1v) is 16.8. The zero-order valence-corrected chi connectivity index (χ0v) is 27.7. The van der Waals surface area contributed by atoms with Gasteiger partial charge in [-0.15, -0.1) is 0 Å². The quantitative estimate of drug-likeness (QED) is 0.183. The molecule has 0 bridgehead atoms. The molecule has 0 amide bonds. The van der Waals surface area contributed by atoms with E-state index in [1.54, 1.807) is 0 Å². The van der Waals surface area contributed by atoms with E-state index in [0.29, 0.717) is 0 Å². The summed E-state index contributed by atoms with van der Waals surface area (Å²) in [6, 6.07) is 38.8. The third kappa shape index (κ3) is 3.45. The van der Waals surface area contributed by atoms with Gasteiger partial charge < -0.3 is 14.5 Å². The molecule has 6 aromatic rings. The first kappa shape index (κ1) is 26.5. The molecule has 0 spiro atoms. The van der Waals surface area contributed by atoms with Crippen LogP contribution in [0.5, 0.6) is 11.5 Å². The summed E-state index contributed by atoms with van der Waals surface area (Å²) in [6.45, 7) is 8.95. The van der Waals surface area contributed by atoms with Gasteiger partial charge in [-0.05, 0) is 103 Å². The van der Waals surface area contributed by atoms with E-state index in [0.717, 1.165) is 21.7 Å². The van der Waals surface area contributed by atoms with Crippen molar-refractivity contribution in [2.45, 2.75) is 27.7 Å². The van der Waals surface area contributed by atoms with Crippen molar-refractivity contribution in [2.75, 3.05) is 9.80 Å². The van der Waals surface area contributed by atoms with Gasteiger partial charge >= 0.3 is 0 Å². The summed E-state index contributed by atoms with van der Waals surface area (Å²) in [4.78, 5) is 5.02. The Balaban J connectivity index is 1.39. The monoisotopic (exact) mass is 654 g/mol. The highest BCUT2D eigenvalue weighted by atomic mass is 79.9. The van der Waals surface area contributed by atoms with Gasteiger partial charge in [0.05, 0.1) is 0 Å². The number of benzene rings is 6. The minimum Gasteiger partial charge on any atom is -0.458 e. The standard InChI is InChI=1S/C40H29B2BrN2O/c1-22-5-11-27(12-6-22)44-32-14-7-23(2)17-29(32)42-31-19-25(4)9-16-34(31)45-33-15-8-24(3)18-30(33)41-28-13-10-26(43)20-36(28)46-37-21-35(44)38(42)40(45)39(37)41/h5-21H,1-4H3. The summed E-state index contributed by atoms with van der Waals surface area (Å²) in [5, 5.41) is 0. The second-order valence-corrected chi connectivity index (χ2v) is 14.3. The van der Waals surface area contributed by atoms with Crippen LogP contribution in [0.2, 0.25) is 0 Å². The van der Waals surface area contributed by atoms with Crippen LogP contribution in [0.1, 0.15) is 22.3 Å². The SMILES string of the molecule is Cc1ccc(N2c3ccc(C)cc3B3c4cc(C)ccc4N4c5ccc(C)cc5B5c6ccc(Br)cc6Oc6cc2c3c4c65)cc1. The molecule has 0 aromatic heterocycles. The second kappa shape index (κ2) is 9.20. The van der Waals surface area contributed by atoms with Crippen LogP contribution in [0.4, 0.5) is 34.1 Å². The lowest BCUT2D eigenvalue weighted by molar-refractivity contribution is 0.487. The maximum atomic E-state index is 6.96. The highest BCUT2D eigenvalue weighted by Crippen LogP contribution is 2.48. The summed E-state index contributed by atoms with van der Waals surface area (Å²) < 4.78 is 7.98. The van der Waals surface area contributed by atoms with Crippen molar-refractivity contribution in [3.05, 3.63) is 130 Å². The number of hydrogen-bond acceptors (Lipinski definition) is 3. The minimum absolute atomic E-state index is 0.0673. The Morgan fingerprint density at radius 3 is 1.63 bits per heavy atom. The van der Waals surface area contributed by atoms with Gasteiger partial charge in [0.2, 0.25) is 0 Å². The number of fused-ring (bicyclic) bond motifs is 10. The molecule has 0 N–H and O–H groups in total. The molecular weight excluding hydrogens is 626 g/mol. The number of hydrogen-bond donors (Lipinski definition) is 0. The lowest BCUT2D eigenvalue weighted by Crippen LogP contribution is -2.68. The Kier molecular flexibility index (Phi) is 5.31. The van der Waals surface area contributed by atoms with Gasteiger partial charge in [0, 0.05) is 44.7 Å². The van der Waals surface area contributed by atoms with Crippen LogP contribution in [-0.2, 0) is 0 Å². The predicted molar refractivity (Wildman–Crippen MR) is 198 cm³/mol. The fourth-order valence-electron chi connectivity index (χ4n) is 8.45. The maximum Gasteiger partial charge on any atom is 0.256 e. The molecule has 46 heavy (non-hydrogen) atoms. The van der Waals surface area contributed by atoms with Crippen molar-refractivity contribution < 1.29 is 4.74 Å². The van der Waals surface area contributed by atoms with Crippen LogP contribution in [0.15, 0.2) is 108 Å². The van der Waals surface area contributed by atoms with Crippen molar-refractivity contribution in [2.24, 2.45) is 0 Å². The Bertz CT molecular complexity index is 2320. The Labute approximate surface area is 278 Å². The molecule has 0 saturated heterocycles. The van der Waals surface area contributed by atoms with Gasteiger partial charge in [0.15, 0.2) is 0 Å². The fourth-order valence-corrected chi connectivity index (χ4v) is 8.79. The first-order chi connectivity index (χ1) is 22.4. The second-order valence-electron chi connectivity index (χ2n) is 13.4. The number of rotatable bonds is 1. The van der Waals surface area contributed by atoms with Crippen molar-refractivity contribution in [3.8, 4) is 11.5 Å². The third-order valence-corrected chi connectivity index (χ3v) is 10.9. The molecule has 0 fully saturated rings. The molecule has 4 heterocycles. The van der Waals surface area contributed by atoms with E-state index in [1.807, 2.05) is 0 Å². The van der Waals surface area contributed by atoms with E-state index in [-0.39, 0.29) is 13.4 Å². The molecule has 0 saturated carbocycles. The van der Waals surface area contributed by atoms with Gasteiger partial charge in [-0.3, -0.25) is 0 Å². The number of aryl methyl sites for hydroxylation is 4. The highest BCUT2D eigenvalue weighted by molar-refractivity contribution is 9.10. The zero-order chi connectivity index (χ0) is 31.0. The van der Waals surface area contributed by atoms with E-state index in [1.165, 1.54) is 83.5 Å². The fraction of sp³-hybridized carbons (Fsp3) is 0.100. The van der Waals surface area contributed by atoms with E-state index >= 15 is 0 Å². The summed E-state index contributed by atoms with van der Waals surface area (Å²) >= 11 is 3.73. The van der Waals surface area contributed by atoms with Gasteiger partial charge in [-0.1, -0.05) is 92.8 Å². The Morgan fingerprint density at radius 2 is 1.02 bits per heavy atom. The molecule has 4 aliphatic rings. The average molecular weight is 655 g/mol. The van der Waals surface area contributed by atoms with Crippen molar-refractivity contribution in [3.63, 3.8) is 0 Å². The van der Waals surface area contributed by atoms with Gasteiger partial charge in [0.1, 0.15) is 11.5 Å². The summed E-state index contributed by atoms with van der Waals surface area (Å²) in [5.41, 5.74) is 20.3. The Hall–Kier alpha value is -4.67. The number of halogens is 1. The molecule has 6 heteroatoms. The average Bonchev–Trinajstić information content (AvgIpc) is 3.04. The molecule has 218 valence electrons. The van der Waals surface area contributed by atoms with Gasteiger partial charge in [-0.25, -0.2) is 0 Å². The van der Waals surface area contributed by atoms with Crippen molar-refractivity contribution in [1.29, 1.82) is 0 Å². The summed E-state index contributed by atoms with van der Waals surface area (Å²) in [6.07, 6.45) is 0. The molecule has 0 radical (unpaired) electrons. The molecular formula is C40H29B2BrN2O. The molecule has 0 aliphatic carbocycles. The largest absolute Gasteiger partial charge is 0.458 e. The summed E-state index contributed by atoms with van der Waals surface area (Å²) in [5.74, 6) is 1.85. The van der Waals surface area contributed by atoms with Crippen LogP contribution < -0.4 is 47.3 Å². The maximum absolute atomic E-state index is 6.96. The third-order valence-electron chi connectivity index (χ3n) is 10.4. The zero-order valence-electron chi connectivity index (χ0n) is 26.2. The molecule has 4 aliphatic heterocycles. The van der Waals surface area contributed by atoms with Gasteiger partial charge in [0.25, 0.3) is 13.4 Å². The first-order valence-electron chi connectivity index (χ1n) is 16.0. The minimum atomic E-state index is 0.0673. The molecule has 0 unspecified atom stereocenters. The topological polar surface area (TPSA) is 15.7 Å². The lowest BCUT2D eigenvalue weighted by atomic mass is 9.29. The highest BCUT2D eigenvalue weighted by Gasteiger charge is 2.51. The van der Waals surface area contributed by atoms with E-state index in [9.17, 15) is 0 Å². The van der Waals surface area contributed by atoms with E-state index in [2.05, 4.69) is 157 Å². The van der Waals surface area contributed by atoms with Crippen LogP contribution in [0.25, 0.3) is 0 Å². The van der Waals surface area contributed by atoms with E-state index < -0.39 is 0 Å². The number of anilines is 6. The molecule has 0 atom stereocenters. The van der Waals surface area contributed by atoms with Crippen LogP contribution in [0, 0.1) is 27.7 Å². The van der Waals surface area contributed by atoms with E-state index in [4.69, 9.17) is 4.74 Å². The smallest absolute Gasteiger partial charge is 0.256 e.